The average molecular weight is 266 g/mol. The van der Waals surface area contributed by atoms with E-state index in [4.69, 9.17) is 23.2 Å². The van der Waals surface area contributed by atoms with Crippen LogP contribution in [0.5, 0.6) is 0 Å². The van der Waals surface area contributed by atoms with Crippen LogP contribution >= 0.6 is 23.2 Å². The van der Waals surface area contributed by atoms with Crippen LogP contribution in [0.2, 0.25) is 0 Å². The van der Waals surface area contributed by atoms with Crippen LogP contribution in [0.25, 0.3) is 0 Å². The normalized spacial score (nSPS) is 36.8. The minimum Gasteiger partial charge on any atom is -0.393 e. The maximum absolute atomic E-state index is 11.6. The Hall–Kier alpha value is 0.01000. The number of carbonyl (C=O) groups is 1. The highest BCUT2D eigenvalue weighted by molar-refractivity contribution is 6.52. The Morgan fingerprint density at radius 1 is 1.44 bits per heavy atom. The van der Waals surface area contributed by atoms with Crippen molar-refractivity contribution in [1.29, 1.82) is 0 Å². The van der Waals surface area contributed by atoms with Crippen LogP contribution < -0.4 is 5.32 Å². The molecule has 92 valence electrons. The molecular weight excluding hydrogens is 249 g/mol. The smallest absolute Gasteiger partial charge is 0.226 e. The summed E-state index contributed by atoms with van der Waals surface area (Å²) in [6, 6.07) is 0. The third kappa shape index (κ3) is 3.02. The van der Waals surface area contributed by atoms with Crippen molar-refractivity contribution >= 4 is 29.1 Å². The zero-order valence-electron chi connectivity index (χ0n) is 9.09. The standard InChI is InChI=1S/C11H17Cl2NO2/c12-11(13)5-9(11)10(16)14-6-7-2-1-3-8(15)4-7/h7-9,15H,1-6H2,(H,14,16). The van der Waals surface area contributed by atoms with Gasteiger partial charge in [-0.1, -0.05) is 6.42 Å². The van der Waals surface area contributed by atoms with Gasteiger partial charge in [-0.2, -0.15) is 0 Å². The third-order valence-corrected chi connectivity index (χ3v) is 4.30. The summed E-state index contributed by atoms with van der Waals surface area (Å²) >= 11 is 11.6. The summed E-state index contributed by atoms with van der Waals surface area (Å²) in [5.74, 6) is 0.0981. The van der Waals surface area contributed by atoms with Gasteiger partial charge in [0.25, 0.3) is 0 Å². The van der Waals surface area contributed by atoms with Gasteiger partial charge < -0.3 is 10.4 Å². The topological polar surface area (TPSA) is 49.3 Å². The van der Waals surface area contributed by atoms with E-state index in [9.17, 15) is 9.90 Å². The largest absolute Gasteiger partial charge is 0.393 e. The van der Waals surface area contributed by atoms with Crippen molar-refractivity contribution < 1.29 is 9.90 Å². The van der Waals surface area contributed by atoms with E-state index in [1.165, 1.54) is 0 Å². The number of amides is 1. The van der Waals surface area contributed by atoms with Crippen LogP contribution in [-0.4, -0.2) is 28.0 Å². The number of hydrogen-bond donors (Lipinski definition) is 2. The van der Waals surface area contributed by atoms with Crippen molar-refractivity contribution in [1.82, 2.24) is 5.32 Å². The highest BCUT2D eigenvalue weighted by Gasteiger charge is 2.56. The van der Waals surface area contributed by atoms with E-state index in [0.717, 1.165) is 25.7 Å². The molecule has 3 atom stereocenters. The van der Waals surface area contributed by atoms with Gasteiger partial charge in [0.1, 0.15) is 4.33 Å². The first kappa shape index (κ1) is 12.5. The maximum atomic E-state index is 11.6. The Morgan fingerprint density at radius 2 is 2.12 bits per heavy atom. The van der Waals surface area contributed by atoms with Crippen LogP contribution in [0.15, 0.2) is 0 Å². The van der Waals surface area contributed by atoms with Crippen molar-refractivity contribution in [2.75, 3.05) is 6.54 Å². The first-order chi connectivity index (χ1) is 7.49. The zero-order valence-corrected chi connectivity index (χ0v) is 10.6. The number of nitrogens with one attached hydrogen (secondary N) is 1. The van der Waals surface area contributed by atoms with Crippen LogP contribution in [0.1, 0.15) is 32.1 Å². The first-order valence-corrected chi connectivity index (χ1v) is 6.58. The van der Waals surface area contributed by atoms with Crippen molar-refractivity contribution in [2.45, 2.75) is 42.5 Å². The molecule has 3 nitrogen and oxygen atoms in total. The Bertz CT molecular complexity index is 283. The Labute approximate surface area is 105 Å². The van der Waals surface area contributed by atoms with E-state index < -0.39 is 4.33 Å². The molecule has 2 N–H and O–H groups in total. The van der Waals surface area contributed by atoms with Gasteiger partial charge in [0.15, 0.2) is 0 Å². The summed E-state index contributed by atoms with van der Waals surface area (Å²) in [4.78, 5) is 11.6. The molecule has 0 aromatic rings. The van der Waals surface area contributed by atoms with Gasteiger partial charge in [0, 0.05) is 6.54 Å². The minimum atomic E-state index is -0.837. The van der Waals surface area contributed by atoms with Crippen molar-refractivity contribution in [3.8, 4) is 0 Å². The van der Waals surface area contributed by atoms with Crippen LogP contribution in [0, 0.1) is 11.8 Å². The molecule has 2 fully saturated rings. The molecule has 2 rings (SSSR count). The Kier molecular flexibility index (Phi) is 3.67. The Balaban J connectivity index is 1.69. The summed E-state index contributed by atoms with van der Waals surface area (Å²) in [7, 11) is 0. The minimum absolute atomic E-state index is 0.0509. The van der Waals surface area contributed by atoms with Crippen LogP contribution in [-0.2, 0) is 4.79 Å². The lowest BCUT2D eigenvalue weighted by molar-refractivity contribution is -0.122. The molecule has 0 aromatic heterocycles. The molecule has 2 aliphatic rings. The SMILES string of the molecule is O=C(NCC1CCCC(O)C1)C1CC1(Cl)Cl. The lowest BCUT2D eigenvalue weighted by Crippen LogP contribution is -2.34. The molecule has 0 aromatic carbocycles. The lowest BCUT2D eigenvalue weighted by Gasteiger charge is -2.25. The fraction of sp³-hybridized carbons (Fsp3) is 0.909. The second-order valence-corrected chi connectivity index (χ2v) is 6.49. The molecule has 0 bridgehead atoms. The van der Waals surface area contributed by atoms with E-state index in [1.807, 2.05) is 0 Å². The molecule has 2 saturated carbocycles. The summed E-state index contributed by atoms with van der Waals surface area (Å²) in [6.45, 7) is 0.635. The first-order valence-electron chi connectivity index (χ1n) is 5.82. The van der Waals surface area contributed by atoms with E-state index in [0.29, 0.717) is 18.9 Å². The summed E-state index contributed by atoms with van der Waals surface area (Å²) in [5, 5.41) is 12.4. The molecule has 0 heterocycles. The molecule has 3 unspecified atom stereocenters. The van der Waals surface area contributed by atoms with Gasteiger partial charge in [0.2, 0.25) is 5.91 Å². The second kappa shape index (κ2) is 4.71. The van der Waals surface area contributed by atoms with Crippen molar-refractivity contribution in [2.24, 2.45) is 11.8 Å². The van der Waals surface area contributed by atoms with Crippen molar-refractivity contribution in [3.63, 3.8) is 0 Å². The van der Waals surface area contributed by atoms with Crippen LogP contribution in [0.4, 0.5) is 0 Å². The number of halogens is 2. The molecular formula is C11H17Cl2NO2. The molecule has 0 radical (unpaired) electrons. The van der Waals surface area contributed by atoms with E-state index in [2.05, 4.69) is 5.32 Å². The van der Waals surface area contributed by atoms with Gasteiger partial charge in [0.05, 0.1) is 12.0 Å². The number of carbonyl (C=O) groups excluding carboxylic acids is 1. The summed E-state index contributed by atoms with van der Waals surface area (Å²) in [6.07, 6.45) is 4.15. The molecule has 0 spiro atoms. The summed E-state index contributed by atoms with van der Waals surface area (Å²) in [5.41, 5.74) is 0. The van der Waals surface area contributed by atoms with Crippen molar-refractivity contribution in [3.05, 3.63) is 0 Å². The highest BCUT2D eigenvalue weighted by atomic mass is 35.5. The number of aliphatic hydroxyl groups excluding tert-OH is 1. The second-order valence-electron chi connectivity index (χ2n) is 4.95. The molecule has 5 heteroatoms. The molecule has 1 amide bonds. The van der Waals surface area contributed by atoms with Crippen LogP contribution in [0.3, 0.4) is 0 Å². The maximum Gasteiger partial charge on any atom is 0.226 e. The monoisotopic (exact) mass is 265 g/mol. The van der Waals surface area contributed by atoms with E-state index >= 15 is 0 Å². The number of alkyl halides is 2. The third-order valence-electron chi connectivity index (χ3n) is 3.46. The van der Waals surface area contributed by atoms with E-state index in [1.54, 1.807) is 0 Å². The Morgan fingerprint density at radius 3 is 2.69 bits per heavy atom. The highest BCUT2D eigenvalue weighted by Crippen LogP contribution is 2.53. The van der Waals surface area contributed by atoms with Gasteiger partial charge in [-0.05, 0) is 31.6 Å². The molecule has 16 heavy (non-hydrogen) atoms. The zero-order chi connectivity index (χ0) is 11.8. The lowest BCUT2D eigenvalue weighted by atomic mass is 9.87. The average Bonchev–Trinajstić information content (AvgIpc) is 2.85. The molecule has 0 saturated heterocycles. The quantitative estimate of drug-likeness (QED) is 0.766. The molecule has 2 aliphatic carbocycles. The summed E-state index contributed by atoms with van der Waals surface area (Å²) < 4.78 is -0.837. The fourth-order valence-corrected chi connectivity index (χ4v) is 2.82. The van der Waals surface area contributed by atoms with Gasteiger partial charge in [-0.3, -0.25) is 4.79 Å². The number of rotatable bonds is 3. The number of aliphatic hydroxyl groups is 1. The number of hydrogen-bond acceptors (Lipinski definition) is 2. The fourth-order valence-electron chi connectivity index (χ4n) is 2.31. The van der Waals surface area contributed by atoms with E-state index in [-0.39, 0.29) is 17.9 Å². The van der Waals surface area contributed by atoms with Gasteiger partial charge in [-0.15, -0.1) is 23.2 Å². The molecule has 0 aliphatic heterocycles. The van der Waals surface area contributed by atoms with Gasteiger partial charge in [-0.25, -0.2) is 0 Å². The predicted octanol–water partition coefficient (Wildman–Crippen LogP) is 1.85. The predicted molar refractivity (Wildman–Crippen MR) is 63.5 cm³/mol. The van der Waals surface area contributed by atoms with Gasteiger partial charge >= 0.3 is 0 Å².